The Kier molecular flexibility index (Phi) is 7.47. The van der Waals surface area contributed by atoms with Crippen molar-refractivity contribution in [2.24, 2.45) is 0 Å². The van der Waals surface area contributed by atoms with E-state index in [-0.39, 0.29) is 5.56 Å². The first-order chi connectivity index (χ1) is 20.2. The summed E-state index contributed by atoms with van der Waals surface area (Å²) in [7, 11) is 4.48. The third kappa shape index (κ3) is 4.83. The van der Waals surface area contributed by atoms with Crippen LogP contribution >= 0.6 is 32.2 Å². The second-order valence-electron chi connectivity index (χ2n) is 9.92. The van der Waals surface area contributed by atoms with E-state index in [1.807, 2.05) is 61.0 Å². The van der Waals surface area contributed by atoms with Gasteiger partial charge < -0.3 is 10.1 Å². The maximum atomic E-state index is 14.0. The molecule has 4 aromatic heterocycles. The summed E-state index contributed by atoms with van der Waals surface area (Å²) < 4.78 is 22.2. The van der Waals surface area contributed by atoms with Crippen LogP contribution in [0.3, 0.4) is 0 Å². The van der Waals surface area contributed by atoms with E-state index in [1.165, 1.54) is 29.0 Å². The molecule has 0 saturated heterocycles. The van der Waals surface area contributed by atoms with Crippen LogP contribution in [0.25, 0.3) is 38.2 Å². The van der Waals surface area contributed by atoms with E-state index in [4.69, 9.17) is 21.4 Å². The first-order valence-electron chi connectivity index (χ1n) is 13.2. The van der Waals surface area contributed by atoms with Gasteiger partial charge in [-0.1, -0.05) is 29.8 Å². The number of anilines is 1. The van der Waals surface area contributed by atoms with Gasteiger partial charge in [0.1, 0.15) is 33.6 Å². The minimum atomic E-state index is -1.43. The van der Waals surface area contributed by atoms with Crippen LogP contribution in [0, 0.1) is 6.92 Å². The fourth-order valence-electron chi connectivity index (χ4n) is 5.24. The molecule has 42 heavy (non-hydrogen) atoms. The summed E-state index contributed by atoms with van der Waals surface area (Å²) in [6.07, 6.45) is 0.0595. The Labute approximate surface area is 252 Å². The van der Waals surface area contributed by atoms with Crippen molar-refractivity contribution in [2.75, 3.05) is 12.4 Å². The molecule has 214 valence electrons. The molecule has 0 amide bonds. The quantitative estimate of drug-likeness (QED) is 0.201. The third-order valence-corrected chi connectivity index (χ3v) is 8.80. The molecule has 0 saturated carbocycles. The number of ether oxygens (including phenoxy) is 1. The average molecular weight is 621 g/mol. The predicted molar refractivity (Wildman–Crippen MR) is 171 cm³/mol. The molecule has 0 aliphatic carbocycles. The Bertz CT molecular complexity index is 2040. The standard InChI is InChI=1S/C30H27ClFN6O2PS/c1-15-10-19(8-9-22(15)40-17(3)32)27-26-28(33-4)34-14-35-29(26)38(36-27)16(2)21-12-24-37(23(31)13-42-24)30(39)25(21)18-6-5-7-20(41)11-18/h5-14,16-17H,41H2,1-4H3,(H,33,34,35)/t16-,17?/m0/s1. The van der Waals surface area contributed by atoms with E-state index in [0.717, 1.165) is 37.8 Å². The number of aryl methyl sites for hydroxylation is 1. The molecule has 0 spiro atoms. The molecule has 8 nitrogen and oxygen atoms in total. The zero-order chi connectivity index (χ0) is 29.7. The van der Waals surface area contributed by atoms with Gasteiger partial charge >= 0.3 is 0 Å². The highest BCUT2D eigenvalue weighted by Gasteiger charge is 2.26. The van der Waals surface area contributed by atoms with Gasteiger partial charge in [0.15, 0.2) is 5.65 Å². The Balaban J connectivity index is 1.60. The number of rotatable bonds is 7. The summed E-state index contributed by atoms with van der Waals surface area (Å²) in [6.45, 7) is 5.20. The van der Waals surface area contributed by atoms with E-state index < -0.39 is 12.4 Å². The minimum absolute atomic E-state index is 0.202. The first kappa shape index (κ1) is 28.3. The second kappa shape index (κ2) is 11.1. The summed E-state index contributed by atoms with van der Waals surface area (Å²) in [5.41, 5.74) is 4.71. The minimum Gasteiger partial charge on any atom is -0.460 e. The van der Waals surface area contributed by atoms with Gasteiger partial charge in [0.05, 0.1) is 17.0 Å². The lowest BCUT2D eigenvalue weighted by Gasteiger charge is -2.18. The number of thiazole rings is 1. The van der Waals surface area contributed by atoms with Crippen molar-refractivity contribution in [2.45, 2.75) is 33.2 Å². The van der Waals surface area contributed by atoms with Crippen LogP contribution in [0.5, 0.6) is 5.75 Å². The average Bonchev–Trinajstić information content (AvgIpc) is 3.54. The molecule has 0 bridgehead atoms. The van der Waals surface area contributed by atoms with Crippen molar-refractivity contribution >= 4 is 59.2 Å². The summed E-state index contributed by atoms with van der Waals surface area (Å²) in [4.78, 5) is 23.8. The number of aromatic nitrogens is 5. The van der Waals surface area contributed by atoms with Crippen molar-refractivity contribution in [3.63, 3.8) is 0 Å². The van der Waals surface area contributed by atoms with Crippen LogP contribution in [0.2, 0.25) is 5.15 Å². The third-order valence-electron chi connectivity index (χ3n) is 7.15. The van der Waals surface area contributed by atoms with Crippen LogP contribution in [0.15, 0.2) is 65.0 Å². The number of benzene rings is 2. The Hall–Kier alpha value is -3.85. The number of nitrogens with one attached hydrogen (secondary N) is 1. The highest BCUT2D eigenvalue weighted by atomic mass is 35.5. The zero-order valence-corrected chi connectivity index (χ0v) is 25.9. The van der Waals surface area contributed by atoms with Gasteiger partial charge in [-0.3, -0.25) is 9.20 Å². The van der Waals surface area contributed by atoms with E-state index >= 15 is 0 Å². The Morgan fingerprint density at radius 2 is 1.93 bits per heavy atom. The van der Waals surface area contributed by atoms with Crippen LogP contribution < -0.4 is 20.9 Å². The highest BCUT2D eigenvalue weighted by Crippen LogP contribution is 2.38. The number of fused-ring (bicyclic) bond motifs is 2. The summed E-state index contributed by atoms with van der Waals surface area (Å²) in [5, 5.41) is 12.0. The van der Waals surface area contributed by atoms with Crippen LogP contribution in [0.4, 0.5) is 10.2 Å². The molecule has 12 heteroatoms. The van der Waals surface area contributed by atoms with Crippen molar-refractivity contribution in [3.05, 3.63) is 86.9 Å². The number of hydrogen-bond acceptors (Lipinski definition) is 7. The van der Waals surface area contributed by atoms with Gasteiger partial charge in [-0.25, -0.2) is 19.0 Å². The van der Waals surface area contributed by atoms with Crippen molar-refractivity contribution in [1.29, 1.82) is 0 Å². The Morgan fingerprint density at radius 3 is 2.64 bits per heavy atom. The predicted octanol–water partition coefficient (Wildman–Crippen LogP) is 6.64. The molecular weight excluding hydrogens is 594 g/mol. The normalized spacial score (nSPS) is 13.0. The number of hydrogen-bond donors (Lipinski definition) is 1. The number of pyridine rings is 1. The molecule has 0 fully saturated rings. The lowest BCUT2D eigenvalue weighted by molar-refractivity contribution is 0.0853. The molecule has 0 radical (unpaired) electrons. The van der Waals surface area contributed by atoms with Gasteiger partial charge in [-0.2, -0.15) is 5.10 Å². The summed E-state index contributed by atoms with van der Waals surface area (Å²) >= 11 is 7.85. The molecule has 6 aromatic rings. The van der Waals surface area contributed by atoms with Gasteiger partial charge in [-0.05, 0) is 66.2 Å². The smallest absolute Gasteiger partial charge is 0.265 e. The van der Waals surface area contributed by atoms with Gasteiger partial charge in [0.25, 0.3) is 5.56 Å². The maximum absolute atomic E-state index is 14.0. The number of alkyl halides is 1. The monoisotopic (exact) mass is 620 g/mol. The van der Waals surface area contributed by atoms with Gasteiger partial charge in [0, 0.05) is 24.9 Å². The molecule has 1 N–H and O–H groups in total. The lowest BCUT2D eigenvalue weighted by atomic mass is 9.97. The largest absolute Gasteiger partial charge is 0.460 e. The SMILES string of the molecule is CNc1ncnc2c1c(-c1ccc(OC(C)F)c(C)c1)nn2[C@@H](C)c1cc2scc(Cl)n2c(=O)c1-c1cccc(P)c1. The molecule has 0 aliphatic heterocycles. The fourth-order valence-corrected chi connectivity index (χ4v) is 6.69. The van der Waals surface area contributed by atoms with E-state index in [0.29, 0.717) is 33.6 Å². The maximum Gasteiger partial charge on any atom is 0.265 e. The molecule has 4 heterocycles. The number of halogens is 2. The van der Waals surface area contributed by atoms with Gasteiger partial charge in [0.2, 0.25) is 6.36 Å². The lowest BCUT2D eigenvalue weighted by Crippen LogP contribution is -2.21. The zero-order valence-electron chi connectivity index (χ0n) is 23.2. The summed E-state index contributed by atoms with van der Waals surface area (Å²) in [6, 6.07) is 14.8. The highest BCUT2D eigenvalue weighted by molar-refractivity contribution is 7.27. The molecule has 6 rings (SSSR count). The van der Waals surface area contributed by atoms with Crippen molar-refractivity contribution < 1.29 is 9.13 Å². The molecule has 3 atom stereocenters. The van der Waals surface area contributed by atoms with E-state index in [1.54, 1.807) is 18.5 Å². The molecule has 2 aromatic carbocycles. The molecular formula is C30H27ClFN6O2PS. The van der Waals surface area contributed by atoms with Crippen molar-refractivity contribution in [1.82, 2.24) is 24.1 Å². The molecule has 0 aliphatic rings. The van der Waals surface area contributed by atoms with E-state index in [2.05, 4.69) is 24.5 Å². The molecule has 2 unspecified atom stereocenters. The first-order valence-corrected chi connectivity index (χ1v) is 15.0. The van der Waals surface area contributed by atoms with Crippen LogP contribution in [0.1, 0.15) is 31.0 Å². The number of nitrogens with zero attached hydrogens (tertiary/aromatic N) is 5. The van der Waals surface area contributed by atoms with Gasteiger partial charge in [-0.15, -0.1) is 20.6 Å². The fraction of sp³-hybridized carbons (Fsp3) is 0.200. The van der Waals surface area contributed by atoms with E-state index in [9.17, 15) is 9.18 Å². The topological polar surface area (TPSA) is 86.3 Å². The Morgan fingerprint density at radius 1 is 1.12 bits per heavy atom. The van der Waals surface area contributed by atoms with Crippen LogP contribution in [-0.4, -0.2) is 37.6 Å². The van der Waals surface area contributed by atoms with Crippen molar-refractivity contribution in [3.8, 4) is 28.1 Å². The second-order valence-corrected chi connectivity index (χ2v) is 11.9. The van der Waals surface area contributed by atoms with Crippen LogP contribution in [-0.2, 0) is 0 Å². The summed E-state index contributed by atoms with van der Waals surface area (Å²) in [5.74, 6) is 1.07.